The van der Waals surface area contributed by atoms with E-state index in [0.717, 1.165) is 0 Å². The van der Waals surface area contributed by atoms with Crippen LogP contribution in [0.1, 0.15) is 5.69 Å². The average molecular weight is 301 g/mol. The molecular weight excluding hydrogens is 282 g/mol. The lowest BCUT2D eigenvalue weighted by Crippen LogP contribution is -2.31. The summed E-state index contributed by atoms with van der Waals surface area (Å²) in [6.07, 6.45) is 0.988. The molecule has 7 nitrogen and oxygen atoms in total. The van der Waals surface area contributed by atoms with Crippen LogP contribution in [0.3, 0.4) is 0 Å². The minimum absolute atomic E-state index is 0.0741. The second-order valence-corrected chi connectivity index (χ2v) is 6.43. The number of hydrogen-bond donors (Lipinski definition) is 1. The molecule has 112 valence electrons. The topological polar surface area (TPSA) is 94.8 Å². The summed E-state index contributed by atoms with van der Waals surface area (Å²) in [5.74, 6) is 0. The number of sulfonamides is 1. The van der Waals surface area contributed by atoms with Crippen molar-refractivity contribution in [1.29, 1.82) is 0 Å². The molecule has 2 rings (SSSR count). The predicted molar refractivity (Wildman–Crippen MR) is 72.5 cm³/mol. The molecule has 1 aliphatic rings. The monoisotopic (exact) mass is 301 g/mol. The van der Waals surface area contributed by atoms with Gasteiger partial charge in [-0.15, -0.1) is 0 Å². The summed E-state index contributed by atoms with van der Waals surface area (Å²) in [7, 11) is -0.549. The molecule has 0 amide bonds. The van der Waals surface area contributed by atoms with Gasteiger partial charge in [-0.1, -0.05) is 0 Å². The van der Waals surface area contributed by atoms with Gasteiger partial charge in [0.2, 0.25) is 10.0 Å². The SMILES string of the molecule is COC1CN(S(=O)(=O)c2cccnc2CN)CC1OC. The Morgan fingerprint density at radius 1 is 1.35 bits per heavy atom. The summed E-state index contributed by atoms with van der Waals surface area (Å²) in [6.45, 7) is 0.594. The van der Waals surface area contributed by atoms with E-state index in [-0.39, 0.29) is 36.7 Å². The van der Waals surface area contributed by atoms with Gasteiger partial charge in [0.1, 0.15) is 4.90 Å². The minimum atomic E-state index is -3.64. The Morgan fingerprint density at radius 2 is 1.95 bits per heavy atom. The summed E-state index contributed by atoms with van der Waals surface area (Å²) in [6, 6.07) is 3.11. The number of hydrogen-bond acceptors (Lipinski definition) is 6. The number of rotatable bonds is 5. The summed E-state index contributed by atoms with van der Waals surface area (Å²) in [5.41, 5.74) is 5.92. The predicted octanol–water partition coefficient (Wildman–Crippen LogP) is -0.425. The van der Waals surface area contributed by atoms with Crippen molar-refractivity contribution in [2.45, 2.75) is 23.6 Å². The Morgan fingerprint density at radius 3 is 2.45 bits per heavy atom. The fourth-order valence-corrected chi connectivity index (χ4v) is 3.96. The van der Waals surface area contributed by atoms with Crippen molar-refractivity contribution in [2.75, 3.05) is 27.3 Å². The van der Waals surface area contributed by atoms with Crippen LogP contribution in [0.2, 0.25) is 0 Å². The van der Waals surface area contributed by atoms with Gasteiger partial charge in [-0.25, -0.2) is 8.42 Å². The van der Waals surface area contributed by atoms with Crippen LogP contribution < -0.4 is 5.73 Å². The van der Waals surface area contributed by atoms with Crippen molar-refractivity contribution in [3.8, 4) is 0 Å². The average Bonchev–Trinajstić information content (AvgIpc) is 2.91. The Kier molecular flexibility index (Phi) is 4.71. The maximum atomic E-state index is 12.7. The normalized spacial score (nSPS) is 24.1. The highest BCUT2D eigenvalue weighted by Gasteiger charge is 2.40. The largest absolute Gasteiger partial charge is 0.377 e. The van der Waals surface area contributed by atoms with Crippen molar-refractivity contribution in [1.82, 2.24) is 9.29 Å². The molecule has 0 spiro atoms. The molecule has 0 saturated carbocycles. The first-order valence-electron chi connectivity index (χ1n) is 6.24. The van der Waals surface area contributed by atoms with Gasteiger partial charge in [-0.3, -0.25) is 4.98 Å². The van der Waals surface area contributed by atoms with Crippen molar-refractivity contribution >= 4 is 10.0 Å². The van der Waals surface area contributed by atoms with Crippen LogP contribution in [-0.4, -0.2) is 57.2 Å². The fraction of sp³-hybridized carbons (Fsp3) is 0.583. The van der Waals surface area contributed by atoms with Crippen LogP contribution in [0.25, 0.3) is 0 Å². The van der Waals surface area contributed by atoms with Gasteiger partial charge in [-0.05, 0) is 12.1 Å². The molecule has 1 aliphatic heterocycles. The van der Waals surface area contributed by atoms with Crippen LogP contribution in [0, 0.1) is 0 Å². The maximum Gasteiger partial charge on any atom is 0.245 e. The van der Waals surface area contributed by atoms with Gasteiger partial charge in [0.25, 0.3) is 0 Å². The van der Waals surface area contributed by atoms with Crippen LogP contribution in [0.5, 0.6) is 0 Å². The number of methoxy groups -OCH3 is 2. The van der Waals surface area contributed by atoms with Crippen LogP contribution >= 0.6 is 0 Å². The molecule has 0 aromatic carbocycles. The first-order chi connectivity index (χ1) is 9.54. The van der Waals surface area contributed by atoms with E-state index in [1.165, 1.54) is 16.6 Å². The van der Waals surface area contributed by atoms with Gasteiger partial charge in [-0.2, -0.15) is 4.31 Å². The smallest absolute Gasteiger partial charge is 0.245 e. The van der Waals surface area contributed by atoms with E-state index in [0.29, 0.717) is 5.69 Å². The molecule has 2 atom stereocenters. The number of nitrogens with zero attached hydrogens (tertiary/aromatic N) is 2. The van der Waals surface area contributed by atoms with Crippen molar-refractivity contribution in [3.63, 3.8) is 0 Å². The highest BCUT2D eigenvalue weighted by Crippen LogP contribution is 2.25. The lowest BCUT2D eigenvalue weighted by molar-refractivity contribution is -0.00461. The Balaban J connectivity index is 2.32. The van der Waals surface area contributed by atoms with Crippen molar-refractivity contribution in [3.05, 3.63) is 24.0 Å². The lowest BCUT2D eigenvalue weighted by Gasteiger charge is -2.17. The first-order valence-corrected chi connectivity index (χ1v) is 7.68. The van der Waals surface area contributed by atoms with E-state index in [2.05, 4.69) is 4.98 Å². The molecular formula is C12H19N3O4S. The van der Waals surface area contributed by atoms with E-state index in [1.807, 2.05) is 0 Å². The molecule has 2 N–H and O–H groups in total. The number of pyridine rings is 1. The van der Waals surface area contributed by atoms with Crippen molar-refractivity contribution in [2.24, 2.45) is 5.73 Å². The lowest BCUT2D eigenvalue weighted by atomic mass is 10.3. The number of nitrogens with two attached hydrogens (primary N) is 1. The van der Waals surface area contributed by atoms with Gasteiger partial charge in [0.15, 0.2) is 0 Å². The summed E-state index contributed by atoms with van der Waals surface area (Å²) < 4.78 is 37.2. The molecule has 20 heavy (non-hydrogen) atoms. The van der Waals surface area contributed by atoms with Gasteiger partial charge in [0, 0.05) is 40.1 Å². The third-order valence-corrected chi connectivity index (χ3v) is 5.35. The van der Waals surface area contributed by atoms with E-state index in [9.17, 15) is 8.42 Å². The van der Waals surface area contributed by atoms with Crippen molar-refractivity contribution < 1.29 is 17.9 Å². The zero-order chi connectivity index (χ0) is 14.8. The van der Waals surface area contributed by atoms with Crippen LogP contribution in [0.4, 0.5) is 0 Å². The molecule has 1 saturated heterocycles. The zero-order valence-corrected chi connectivity index (χ0v) is 12.3. The zero-order valence-electron chi connectivity index (χ0n) is 11.5. The Bertz CT molecular complexity index is 552. The third-order valence-electron chi connectivity index (χ3n) is 3.45. The maximum absolute atomic E-state index is 12.7. The molecule has 2 heterocycles. The molecule has 8 heteroatoms. The molecule has 0 bridgehead atoms. The standard InChI is InChI=1S/C12H19N3O4S/c1-18-10-7-15(8-11(10)19-2)20(16,17)12-4-3-5-14-9(12)6-13/h3-5,10-11H,6-8,13H2,1-2H3. The van der Waals surface area contributed by atoms with Gasteiger partial charge < -0.3 is 15.2 Å². The van der Waals surface area contributed by atoms with E-state index in [4.69, 9.17) is 15.2 Å². The first kappa shape index (κ1) is 15.3. The second kappa shape index (κ2) is 6.15. The molecule has 0 radical (unpaired) electrons. The van der Waals surface area contributed by atoms with Gasteiger partial charge in [0.05, 0.1) is 17.9 Å². The number of ether oxygens (including phenoxy) is 2. The molecule has 1 fully saturated rings. The van der Waals surface area contributed by atoms with Crippen LogP contribution in [0.15, 0.2) is 23.2 Å². The van der Waals surface area contributed by atoms with Gasteiger partial charge >= 0.3 is 0 Å². The fourth-order valence-electron chi connectivity index (χ4n) is 2.31. The molecule has 0 aliphatic carbocycles. The Hall–Kier alpha value is -1.06. The summed E-state index contributed by atoms with van der Waals surface area (Å²) >= 11 is 0. The number of aromatic nitrogens is 1. The minimum Gasteiger partial charge on any atom is -0.377 e. The molecule has 1 aromatic heterocycles. The highest BCUT2D eigenvalue weighted by atomic mass is 32.2. The Labute approximate surface area is 118 Å². The quantitative estimate of drug-likeness (QED) is 0.793. The third kappa shape index (κ3) is 2.70. The second-order valence-electron chi connectivity index (χ2n) is 4.52. The summed E-state index contributed by atoms with van der Waals surface area (Å²) in [4.78, 5) is 4.17. The molecule has 1 aromatic rings. The summed E-state index contributed by atoms with van der Waals surface area (Å²) in [5, 5.41) is 0. The van der Waals surface area contributed by atoms with Crippen LogP contribution in [-0.2, 0) is 26.0 Å². The van der Waals surface area contributed by atoms with E-state index < -0.39 is 10.0 Å². The van der Waals surface area contributed by atoms with E-state index >= 15 is 0 Å². The highest BCUT2D eigenvalue weighted by molar-refractivity contribution is 7.89. The van der Waals surface area contributed by atoms with E-state index in [1.54, 1.807) is 20.3 Å². The molecule has 2 unspecified atom stereocenters.